The summed E-state index contributed by atoms with van der Waals surface area (Å²) in [6, 6.07) is 16.2. The van der Waals surface area contributed by atoms with E-state index in [-0.39, 0.29) is 11.4 Å². The predicted octanol–water partition coefficient (Wildman–Crippen LogP) is 3.16. The number of anilines is 1. The van der Waals surface area contributed by atoms with Crippen LogP contribution in [0.4, 0.5) is 5.95 Å². The van der Waals surface area contributed by atoms with E-state index in [2.05, 4.69) is 4.90 Å². The summed E-state index contributed by atoms with van der Waals surface area (Å²) in [5, 5.41) is 0. The van der Waals surface area contributed by atoms with Crippen LogP contribution in [-0.2, 0) is 27.7 Å². The quantitative estimate of drug-likeness (QED) is 0.571. The van der Waals surface area contributed by atoms with Crippen LogP contribution in [-0.4, -0.2) is 55.5 Å². The van der Waals surface area contributed by atoms with Crippen molar-refractivity contribution in [3.05, 3.63) is 71.4 Å². The van der Waals surface area contributed by atoms with Crippen LogP contribution in [0.25, 0.3) is 0 Å². The Hall–Kier alpha value is -3.01. The molecule has 0 spiro atoms. The van der Waals surface area contributed by atoms with Crippen LogP contribution in [0.2, 0.25) is 0 Å². The Kier molecular flexibility index (Phi) is 6.01. The molecule has 2 aromatic carbocycles. The number of hydrogen-bond donors (Lipinski definition) is 0. The first-order chi connectivity index (χ1) is 16.0. The first kappa shape index (κ1) is 21.8. The van der Waals surface area contributed by atoms with E-state index in [1.165, 1.54) is 4.31 Å². The number of morpholine rings is 1. The minimum Gasteiger partial charge on any atom is -0.438 e. The first-order valence-corrected chi connectivity index (χ1v) is 12.5. The molecule has 2 aliphatic heterocycles. The number of benzene rings is 2. The molecule has 0 atom stereocenters. The molecule has 0 unspecified atom stereocenters. The molecular formula is C24H26N4O4S. The number of ether oxygens (including phenoxy) is 2. The summed E-state index contributed by atoms with van der Waals surface area (Å²) in [7, 11) is -3.64. The monoisotopic (exact) mass is 466 g/mol. The minimum atomic E-state index is -3.64. The Labute approximate surface area is 193 Å². The van der Waals surface area contributed by atoms with Crippen molar-refractivity contribution < 1.29 is 17.9 Å². The van der Waals surface area contributed by atoms with E-state index in [9.17, 15) is 8.42 Å². The lowest BCUT2D eigenvalue weighted by molar-refractivity contribution is 0.122. The molecule has 0 radical (unpaired) electrons. The van der Waals surface area contributed by atoms with Crippen LogP contribution in [0.1, 0.15) is 16.8 Å². The van der Waals surface area contributed by atoms with Crippen LogP contribution < -0.4 is 9.64 Å². The van der Waals surface area contributed by atoms with Gasteiger partial charge in [0, 0.05) is 32.6 Å². The van der Waals surface area contributed by atoms with E-state index in [1.54, 1.807) is 30.3 Å². The van der Waals surface area contributed by atoms with Gasteiger partial charge in [0.15, 0.2) is 0 Å². The Morgan fingerprint density at radius 1 is 0.970 bits per heavy atom. The molecule has 3 heterocycles. The fraction of sp³-hybridized carbons (Fsp3) is 0.333. The normalized spacial score (nSPS) is 16.9. The molecular weight excluding hydrogens is 440 g/mol. The number of sulfonamides is 1. The molecule has 1 fully saturated rings. The third-order valence-electron chi connectivity index (χ3n) is 5.85. The Morgan fingerprint density at radius 3 is 2.52 bits per heavy atom. The van der Waals surface area contributed by atoms with Crippen molar-refractivity contribution in [2.24, 2.45) is 0 Å². The highest BCUT2D eigenvalue weighted by atomic mass is 32.2. The Morgan fingerprint density at radius 2 is 1.76 bits per heavy atom. The number of aryl methyl sites for hydroxylation is 1. The van der Waals surface area contributed by atoms with Gasteiger partial charge in [-0.05, 0) is 36.8 Å². The molecule has 2 aliphatic rings. The molecule has 0 saturated carbocycles. The summed E-state index contributed by atoms with van der Waals surface area (Å²) >= 11 is 0. The summed E-state index contributed by atoms with van der Waals surface area (Å²) in [6.07, 6.45) is 0.492. The topological polar surface area (TPSA) is 84.9 Å². The molecule has 8 nitrogen and oxygen atoms in total. The van der Waals surface area contributed by atoms with E-state index < -0.39 is 10.0 Å². The third-order valence-corrected chi connectivity index (χ3v) is 7.71. The molecule has 1 saturated heterocycles. The van der Waals surface area contributed by atoms with Gasteiger partial charge in [-0.1, -0.05) is 30.3 Å². The van der Waals surface area contributed by atoms with E-state index in [4.69, 9.17) is 19.4 Å². The highest BCUT2D eigenvalue weighted by Crippen LogP contribution is 2.33. The zero-order valence-electron chi connectivity index (χ0n) is 18.5. The average Bonchev–Trinajstić information content (AvgIpc) is 2.85. The maximum atomic E-state index is 13.2. The highest BCUT2D eigenvalue weighted by molar-refractivity contribution is 7.89. The molecule has 1 aromatic heterocycles. The third kappa shape index (κ3) is 4.57. The summed E-state index contributed by atoms with van der Waals surface area (Å²) in [4.78, 5) is 11.9. The van der Waals surface area contributed by atoms with Gasteiger partial charge < -0.3 is 14.4 Å². The molecule has 9 heteroatoms. The van der Waals surface area contributed by atoms with E-state index >= 15 is 0 Å². The van der Waals surface area contributed by atoms with Crippen molar-refractivity contribution in [2.75, 3.05) is 37.7 Å². The Balaban J connectivity index is 1.52. The van der Waals surface area contributed by atoms with Gasteiger partial charge in [0.2, 0.25) is 21.9 Å². The van der Waals surface area contributed by atoms with E-state index in [0.29, 0.717) is 62.4 Å². The van der Waals surface area contributed by atoms with Gasteiger partial charge in [-0.3, -0.25) is 0 Å². The Bertz CT molecular complexity index is 1240. The zero-order chi connectivity index (χ0) is 22.8. The van der Waals surface area contributed by atoms with Gasteiger partial charge in [0.25, 0.3) is 0 Å². The lowest BCUT2D eigenvalue weighted by atomic mass is 10.1. The van der Waals surface area contributed by atoms with E-state index in [0.717, 1.165) is 11.3 Å². The van der Waals surface area contributed by atoms with Crippen molar-refractivity contribution in [3.8, 4) is 11.6 Å². The number of nitrogens with zero attached hydrogens (tertiary/aromatic N) is 4. The molecule has 0 amide bonds. The molecule has 0 bridgehead atoms. The zero-order valence-corrected chi connectivity index (χ0v) is 19.3. The summed E-state index contributed by atoms with van der Waals surface area (Å²) in [5.41, 5.74) is 2.60. The summed E-state index contributed by atoms with van der Waals surface area (Å²) in [5.74, 6) is 1.66. The lowest BCUT2D eigenvalue weighted by Gasteiger charge is -2.31. The SMILES string of the molecule is Cc1cccc(Oc2nc(N3CCOCC3)nc3c2CN(S(=O)(=O)c2ccccc2)CC3)c1. The molecule has 172 valence electrons. The molecule has 5 rings (SSSR count). The molecule has 0 N–H and O–H groups in total. The maximum absolute atomic E-state index is 13.2. The second kappa shape index (κ2) is 9.09. The average molecular weight is 467 g/mol. The maximum Gasteiger partial charge on any atom is 0.243 e. The standard InChI is InChI=1S/C24H26N4O4S/c1-18-6-5-7-19(16-18)32-23-21-17-28(33(29,30)20-8-3-2-4-9-20)11-10-22(21)25-24(26-23)27-12-14-31-15-13-27/h2-9,16H,10-15,17H2,1H3. The van der Waals surface area contributed by atoms with Crippen LogP contribution in [0.3, 0.4) is 0 Å². The van der Waals surface area contributed by atoms with Gasteiger partial charge in [-0.25, -0.2) is 13.4 Å². The second-order valence-corrected chi connectivity index (χ2v) is 10.1. The fourth-order valence-electron chi connectivity index (χ4n) is 4.07. The number of aromatic nitrogens is 2. The van der Waals surface area contributed by atoms with Gasteiger partial charge >= 0.3 is 0 Å². The summed E-state index contributed by atoms with van der Waals surface area (Å²) in [6.45, 7) is 5.17. The van der Waals surface area contributed by atoms with Crippen molar-refractivity contribution in [1.29, 1.82) is 0 Å². The van der Waals surface area contributed by atoms with Crippen molar-refractivity contribution in [1.82, 2.24) is 14.3 Å². The van der Waals surface area contributed by atoms with Crippen LogP contribution in [0.5, 0.6) is 11.6 Å². The summed E-state index contributed by atoms with van der Waals surface area (Å²) < 4.78 is 39.7. The first-order valence-electron chi connectivity index (χ1n) is 11.0. The van der Waals surface area contributed by atoms with Crippen molar-refractivity contribution >= 4 is 16.0 Å². The second-order valence-electron chi connectivity index (χ2n) is 8.17. The lowest BCUT2D eigenvalue weighted by Crippen LogP contribution is -2.39. The largest absolute Gasteiger partial charge is 0.438 e. The minimum absolute atomic E-state index is 0.164. The van der Waals surface area contributed by atoms with Gasteiger partial charge in [0.05, 0.1) is 29.4 Å². The smallest absolute Gasteiger partial charge is 0.243 e. The van der Waals surface area contributed by atoms with Crippen molar-refractivity contribution in [3.63, 3.8) is 0 Å². The number of hydrogen-bond acceptors (Lipinski definition) is 7. The van der Waals surface area contributed by atoms with Crippen LogP contribution in [0.15, 0.2) is 59.5 Å². The predicted molar refractivity (Wildman–Crippen MR) is 124 cm³/mol. The van der Waals surface area contributed by atoms with Gasteiger partial charge in [-0.15, -0.1) is 0 Å². The fourth-order valence-corrected chi connectivity index (χ4v) is 5.50. The number of rotatable bonds is 5. The van der Waals surface area contributed by atoms with E-state index in [1.807, 2.05) is 31.2 Å². The molecule has 0 aliphatic carbocycles. The van der Waals surface area contributed by atoms with Gasteiger partial charge in [0.1, 0.15) is 5.75 Å². The van der Waals surface area contributed by atoms with Crippen LogP contribution in [0, 0.1) is 6.92 Å². The highest BCUT2D eigenvalue weighted by Gasteiger charge is 2.32. The molecule has 33 heavy (non-hydrogen) atoms. The van der Waals surface area contributed by atoms with Gasteiger partial charge in [-0.2, -0.15) is 9.29 Å². The number of fused-ring (bicyclic) bond motifs is 1. The van der Waals surface area contributed by atoms with Crippen molar-refractivity contribution in [2.45, 2.75) is 24.8 Å². The van der Waals surface area contributed by atoms with Crippen LogP contribution >= 0.6 is 0 Å². The molecule has 3 aromatic rings.